The van der Waals surface area contributed by atoms with E-state index in [1.165, 1.54) is 31.2 Å². The fourth-order valence-corrected chi connectivity index (χ4v) is 2.90. The summed E-state index contributed by atoms with van der Waals surface area (Å²) in [6.45, 7) is 8.69. The van der Waals surface area contributed by atoms with Crippen molar-refractivity contribution in [1.29, 1.82) is 0 Å². The maximum atomic E-state index is 5.83. The fourth-order valence-electron chi connectivity index (χ4n) is 2.90. The maximum absolute atomic E-state index is 5.83. The van der Waals surface area contributed by atoms with Crippen molar-refractivity contribution in [3.8, 4) is 5.75 Å². The van der Waals surface area contributed by atoms with Gasteiger partial charge in [0.2, 0.25) is 0 Å². The molecule has 1 aliphatic carbocycles. The van der Waals surface area contributed by atoms with E-state index in [-0.39, 0.29) is 5.41 Å². The van der Waals surface area contributed by atoms with E-state index >= 15 is 0 Å². The highest BCUT2D eigenvalue weighted by molar-refractivity contribution is 5.31. The number of benzene rings is 1. The van der Waals surface area contributed by atoms with Crippen molar-refractivity contribution in [2.75, 3.05) is 13.2 Å². The van der Waals surface area contributed by atoms with Crippen LogP contribution in [0.5, 0.6) is 5.75 Å². The van der Waals surface area contributed by atoms with Gasteiger partial charge in [-0.05, 0) is 55.3 Å². The molecule has 0 spiro atoms. The van der Waals surface area contributed by atoms with Crippen LogP contribution in [0.1, 0.15) is 64.9 Å². The molecule has 0 aromatic heterocycles. The Morgan fingerprint density at radius 1 is 1.14 bits per heavy atom. The Morgan fingerprint density at radius 3 is 2.43 bits per heavy atom. The van der Waals surface area contributed by atoms with Gasteiger partial charge >= 0.3 is 0 Å². The quantitative estimate of drug-likeness (QED) is 0.702. The normalized spacial score (nSPS) is 16.3. The summed E-state index contributed by atoms with van der Waals surface area (Å²) in [5.41, 5.74) is 1.64. The molecule has 21 heavy (non-hydrogen) atoms. The second-order valence-corrected chi connectivity index (χ2v) is 6.90. The van der Waals surface area contributed by atoms with Crippen molar-refractivity contribution < 1.29 is 4.74 Å². The first-order chi connectivity index (χ1) is 10.1. The van der Waals surface area contributed by atoms with Crippen LogP contribution in [0.25, 0.3) is 0 Å². The van der Waals surface area contributed by atoms with Gasteiger partial charge in [0.05, 0.1) is 6.61 Å². The Kier molecular flexibility index (Phi) is 6.10. The Hall–Kier alpha value is -1.02. The van der Waals surface area contributed by atoms with Crippen molar-refractivity contribution in [2.24, 2.45) is 0 Å². The third-order valence-corrected chi connectivity index (χ3v) is 4.90. The highest BCUT2D eigenvalue weighted by Crippen LogP contribution is 2.28. The third kappa shape index (κ3) is 5.03. The molecule has 2 heteroatoms. The third-order valence-electron chi connectivity index (χ3n) is 4.90. The number of rotatable bonds is 8. The molecule has 2 rings (SSSR count). The van der Waals surface area contributed by atoms with Crippen molar-refractivity contribution in [3.63, 3.8) is 0 Å². The molecule has 1 aliphatic rings. The van der Waals surface area contributed by atoms with Crippen molar-refractivity contribution in [1.82, 2.24) is 5.32 Å². The molecular formula is C19H31NO. The van der Waals surface area contributed by atoms with Crippen LogP contribution in [-0.2, 0) is 5.41 Å². The molecule has 0 aliphatic heterocycles. The van der Waals surface area contributed by atoms with Crippen LogP contribution in [0.15, 0.2) is 24.3 Å². The number of hydrogen-bond acceptors (Lipinski definition) is 2. The Bertz CT molecular complexity index is 404. The Balaban J connectivity index is 1.66. The van der Waals surface area contributed by atoms with Gasteiger partial charge in [-0.2, -0.15) is 0 Å². The van der Waals surface area contributed by atoms with Crippen LogP contribution < -0.4 is 10.1 Å². The molecular weight excluding hydrogens is 258 g/mol. The second kappa shape index (κ2) is 7.84. The van der Waals surface area contributed by atoms with E-state index in [2.05, 4.69) is 50.4 Å². The molecule has 0 amide bonds. The van der Waals surface area contributed by atoms with Gasteiger partial charge in [-0.1, -0.05) is 45.7 Å². The Morgan fingerprint density at radius 2 is 1.81 bits per heavy atom. The van der Waals surface area contributed by atoms with Crippen LogP contribution in [0.3, 0.4) is 0 Å². The highest BCUT2D eigenvalue weighted by Gasteiger charge is 2.17. The summed E-state index contributed by atoms with van der Waals surface area (Å²) in [6, 6.07) is 9.39. The fraction of sp³-hybridized carbons (Fsp3) is 0.684. The average Bonchev–Trinajstić information content (AvgIpc) is 3.01. The van der Waals surface area contributed by atoms with E-state index in [1.807, 2.05) is 0 Å². The first-order valence-electron chi connectivity index (χ1n) is 8.58. The lowest BCUT2D eigenvalue weighted by atomic mass is 9.82. The zero-order valence-electron chi connectivity index (χ0n) is 14.0. The molecule has 0 heterocycles. The van der Waals surface area contributed by atoms with Crippen LogP contribution in [0, 0.1) is 0 Å². The van der Waals surface area contributed by atoms with E-state index in [0.29, 0.717) is 0 Å². The smallest absolute Gasteiger partial charge is 0.119 e. The van der Waals surface area contributed by atoms with E-state index in [1.54, 1.807) is 0 Å². The molecule has 0 radical (unpaired) electrons. The molecule has 0 saturated heterocycles. The summed E-state index contributed by atoms with van der Waals surface area (Å²) in [5, 5.41) is 3.62. The largest absolute Gasteiger partial charge is 0.494 e. The zero-order chi connectivity index (χ0) is 15.1. The van der Waals surface area contributed by atoms with Gasteiger partial charge in [0.1, 0.15) is 5.75 Å². The van der Waals surface area contributed by atoms with E-state index in [9.17, 15) is 0 Å². The van der Waals surface area contributed by atoms with Gasteiger partial charge in [0.25, 0.3) is 0 Å². The molecule has 2 nitrogen and oxygen atoms in total. The first kappa shape index (κ1) is 16.4. The van der Waals surface area contributed by atoms with Gasteiger partial charge in [-0.3, -0.25) is 0 Å². The predicted octanol–water partition coefficient (Wildman–Crippen LogP) is 4.68. The molecule has 0 unspecified atom stereocenters. The van der Waals surface area contributed by atoms with Crippen LogP contribution in [0.2, 0.25) is 0 Å². The van der Waals surface area contributed by atoms with Crippen LogP contribution in [0.4, 0.5) is 0 Å². The zero-order valence-corrected chi connectivity index (χ0v) is 14.0. The lowest BCUT2D eigenvalue weighted by Gasteiger charge is -2.23. The molecule has 1 aromatic rings. The first-order valence-corrected chi connectivity index (χ1v) is 8.58. The van der Waals surface area contributed by atoms with Crippen molar-refractivity contribution in [2.45, 2.75) is 70.8 Å². The summed E-state index contributed by atoms with van der Waals surface area (Å²) in [4.78, 5) is 0. The van der Waals surface area contributed by atoms with Gasteiger partial charge in [-0.15, -0.1) is 0 Å². The summed E-state index contributed by atoms with van der Waals surface area (Å²) >= 11 is 0. The van der Waals surface area contributed by atoms with Gasteiger partial charge in [0, 0.05) is 6.04 Å². The molecule has 118 valence electrons. The minimum Gasteiger partial charge on any atom is -0.494 e. The average molecular weight is 289 g/mol. The number of nitrogens with one attached hydrogen (secondary N) is 1. The van der Waals surface area contributed by atoms with Gasteiger partial charge in [0.15, 0.2) is 0 Å². The van der Waals surface area contributed by atoms with E-state index in [0.717, 1.165) is 37.8 Å². The molecule has 1 fully saturated rings. The molecule has 1 aromatic carbocycles. The van der Waals surface area contributed by atoms with Crippen molar-refractivity contribution in [3.05, 3.63) is 29.8 Å². The minimum atomic E-state index is 0.254. The molecule has 1 N–H and O–H groups in total. The van der Waals surface area contributed by atoms with Crippen molar-refractivity contribution >= 4 is 0 Å². The minimum absolute atomic E-state index is 0.254. The summed E-state index contributed by atoms with van der Waals surface area (Å²) in [7, 11) is 0. The van der Waals surface area contributed by atoms with Crippen LogP contribution >= 0.6 is 0 Å². The number of ether oxygens (including phenoxy) is 1. The van der Waals surface area contributed by atoms with Gasteiger partial charge < -0.3 is 10.1 Å². The predicted molar refractivity (Wildman–Crippen MR) is 90.1 cm³/mol. The standard InChI is InChI=1S/C19H31NO/c1-4-19(2,3)16-10-12-18(13-11-16)21-15-7-14-20-17-8-5-6-9-17/h10-13,17,20H,4-9,14-15H2,1-3H3. The molecule has 0 atom stereocenters. The van der Waals surface area contributed by atoms with Crippen LogP contribution in [-0.4, -0.2) is 19.2 Å². The highest BCUT2D eigenvalue weighted by atomic mass is 16.5. The van der Waals surface area contributed by atoms with Gasteiger partial charge in [-0.25, -0.2) is 0 Å². The topological polar surface area (TPSA) is 21.3 Å². The summed E-state index contributed by atoms with van der Waals surface area (Å²) in [6.07, 6.45) is 7.74. The number of hydrogen-bond donors (Lipinski definition) is 1. The summed E-state index contributed by atoms with van der Waals surface area (Å²) < 4.78 is 5.83. The Labute approximate surface area is 130 Å². The SMILES string of the molecule is CCC(C)(C)c1ccc(OCCCNC2CCCC2)cc1. The summed E-state index contributed by atoms with van der Waals surface area (Å²) in [5.74, 6) is 0.992. The van der Waals surface area contributed by atoms with E-state index < -0.39 is 0 Å². The monoisotopic (exact) mass is 289 g/mol. The lowest BCUT2D eigenvalue weighted by Crippen LogP contribution is -2.27. The lowest BCUT2D eigenvalue weighted by molar-refractivity contribution is 0.304. The van der Waals surface area contributed by atoms with E-state index in [4.69, 9.17) is 4.74 Å². The maximum Gasteiger partial charge on any atom is 0.119 e. The second-order valence-electron chi connectivity index (χ2n) is 6.90. The molecule has 0 bridgehead atoms. The molecule has 1 saturated carbocycles.